The molecular formula is C14H14Br2F3NO. The van der Waals surface area contributed by atoms with Gasteiger partial charge in [-0.2, -0.15) is 13.2 Å². The average Bonchev–Trinajstić information content (AvgIpc) is 2.45. The van der Waals surface area contributed by atoms with Crippen LogP contribution in [0.4, 0.5) is 13.2 Å². The van der Waals surface area contributed by atoms with E-state index in [-0.39, 0.29) is 5.56 Å². The lowest BCUT2D eigenvalue weighted by Crippen LogP contribution is -2.41. The van der Waals surface area contributed by atoms with E-state index in [1.165, 1.54) is 17.0 Å². The first kappa shape index (κ1) is 16.8. The third kappa shape index (κ3) is 4.00. The van der Waals surface area contributed by atoms with Crippen molar-refractivity contribution in [1.29, 1.82) is 0 Å². The first-order valence-corrected chi connectivity index (χ1v) is 8.46. The number of piperidine rings is 1. The summed E-state index contributed by atoms with van der Waals surface area (Å²) in [4.78, 5) is 14.0. The number of nitrogens with zero attached hydrogens (tertiary/aromatic N) is 1. The van der Waals surface area contributed by atoms with Crippen molar-refractivity contribution in [3.05, 3.63) is 33.8 Å². The van der Waals surface area contributed by atoms with Gasteiger partial charge in [-0.25, -0.2) is 0 Å². The number of benzene rings is 1. The molecule has 1 saturated heterocycles. The molecule has 1 fully saturated rings. The van der Waals surface area contributed by atoms with Crippen LogP contribution in [0.3, 0.4) is 0 Å². The molecule has 1 aliphatic heterocycles. The minimum atomic E-state index is -4.54. The number of amides is 1. The molecule has 0 aromatic heterocycles. The molecule has 0 N–H and O–H groups in total. The zero-order valence-electron chi connectivity index (χ0n) is 11.1. The van der Waals surface area contributed by atoms with Crippen LogP contribution in [0.5, 0.6) is 0 Å². The molecule has 1 amide bonds. The van der Waals surface area contributed by atoms with Crippen LogP contribution in [0.1, 0.15) is 28.8 Å². The first-order chi connectivity index (χ1) is 9.82. The molecule has 0 saturated carbocycles. The van der Waals surface area contributed by atoms with Crippen LogP contribution in [-0.2, 0) is 6.18 Å². The summed E-state index contributed by atoms with van der Waals surface area (Å²) in [7, 11) is 0. The largest absolute Gasteiger partial charge is 0.417 e. The maximum atomic E-state index is 13.1. The number of likely N-dealkylation sites (tertiary alicyclic amines) is 1. The van der Waals surface area contributed by atoms with Crippen LogP contribution >= 0.6 is 31.9 Å². The zero-order valence-corrected chi connectivity index (χ0v) is 14.3. The summed E-state index contributed by atoms with van der Waals surface area (Å²) in [6.07, 6.45) is -2.74. The highest BCUT2D eigenvalue weighted by Gasteiger charge is 2.37. The lowest BCUT2D eigenvalue weighted by atomic mass is 9.98. The number of halogens is 5. The molecule has 0 aliphatic carbocycles. The molecule has 1 aliphatic rings. The molecule has 0 radical (unpaired) electrons. The van der Waals surface area contributed by atoms with Gasteiger partial charge < -0.3 is 4.90 Å². The number of carbonyl (C=O) groups is 1. The van der Waals surface area contributed by atoms with E-state index in [0.717, 1.165) is 24.2 Å². The lowest BCUT2D eigenvalue weighted by molar-refractivity contribution is -0.138. The monoisotopic (exact) mass is 427 g/mol. The lowest BCUT2D eigenvalue weighted by Gasteiger charge is -2.32. The molecule has 2 nitrogen and oxygen atoms in total. The smallest absolute Gasteiger partial charge is 0.338 e. The van der Waals surface area contributed by atoms with Crippen molar-refractivity contribution in [2.75, 3.05) is 18.4 Å². The number of hydrogen-bond acceptors (Lipinski definition) is 1. The topological polar surface area (TPSA) is 20.3 Å². The number of carbonyl (C=O) groups excluding carboxylic acids is 1. The quantitative estimate of drug-likeness (QED) is 0.624. The van der Waals surface area contributed by atoms with Crippen LogP contribution < -0.4 is 0 Å². The van der Waals surface area contributed by atoms with Crippen molar-refractivity contribution in [3.63, 3.8) is 0 Å². The Morgan fingerprint density at radius 3 is 2.71 bits per heavy atom. The summed E-state index contributed by atoms with van der Waals surface area (Å²) in [5, 5.41) is 0.753. The average molecular weight is 429 g/mol. The van der Waals surface area contributed by atoms with E-state index < -0.39 is 17.6 Å². The number of hydrogen-bond donors (Lipinski definition) is 0. The van der Waals surface area contributed by atoms with Crippen LogP contribution in [0.15, 0.2) is 22.7 Å². The van der Waals surface area contributed by atoms with Gasteiger partial charge >= 0.3 is 6.18 Å². The Labute approximate surface area is 137 Å². The predicted octanol–water partition coefficient (Wildman–Crippen LogP) is 4.72. The van der Waals surface area contributed by atoms with Gasteiger partial charge in [0.25, 0.3) is 5.91 Å². The molecule has 1 heterocycles. The van der Waals surface area contributed by atoms with E-state index in [1.807, 2.05) is 0 Å². The molecule has 21 heavy (non-hydrogen) atoms. The van der Waals surface area contributed by atoms with Gasteiger partial charge in [0.1, 0.15) is 0 Å². The highest BCUT2D eigenvalue weighted by Crippen LogP contribution is 2.35. The van der Waals surface area contributed by atoms with Crippen molar-refractivity contribution < 1.29 is 18.0 Å². The Kier molecular flexibility index (Phi) is 5.35. The second-order valence-electron chi connectivity index (χ2n) is 5.10. The van der Waals surface area contributed by atoms with Gasteiger partial charge in [0.2, 0.25) is 0 Å². The summed E-state index contributed by atoms with van der Waals surface area (Å²) < 4.78 is 39.6. The second-order valence-corrected chi connectivity index (χ2v) is 6.66. The Hall–Kier alpha value is -0.560. The molecule has 1 atom stereocenters. The molecule has 116 valence electrons. The van der Waals surface area contributed by atoms with E-state index >= 15 is 0 Å². The molecule has 0 bridgehead atoms. The summed E-state index contributed by atoms with van der Waals surface area (Å²) in [6.45, 7) is 1.01. The highest BCUT2D eigenvalue weighted by atomic mass is 79.9. The summed E-state index contributed by atoms with van der Waals surface area (Å²) in [5.41, 5.74) is -1.16. The van der Waals surface area contributed by atoms with Crippen LogP contribution in [0, 0.1) is 5.92 Å². The SMILES string of the molecule is O=C(c1ccc(Br)cc1C(F)(F)F)N1CCCC(CBr)C1. The number of alkyl halides is 4. The van der Waals surface area contributed by atoms with Crippen molar-refractivity contribution in [1.82, 2.24) is 4.90 Å². The van der Waals surface area contributed by atoms with Crippen molar-refractivity contribution >= 4 is 37.8 Å². The van der Waals surface area contributed by atoms with Crippen LogP contribution in [0.25, 0.3) is 0 Å². The fourth-order valence-electron chi connectivity index (χ4n) is 2.48. The van der Waals surface area contributed by atoms with Gasteiger partial charge in [0, 0.05) is 22.9 Å². The Bertz CT molecular complexity index is 533. The summed E-state index contributed by atoms with van der Waals surface area (Å²) >= 11 is 6.40. The maximum Gasteiger partial charge on any atom is 0.417 e. The number of rotatable bonds is 2. The van der Waals surface area contributed by atoms with E-state index in [1.54, 1.807) is 0 Å². The third-order valence-electron chi connectivity index (χ3n) is 3.54. The van der Waals surface area contributed by atoms with Gasteiger partial charge in [0.15, 0.2) is 0 Å². The maximum absolute atomic E-state index is 13.1. The van der Waals surface area contributed by atoms with E-state index in [2.05, 4.69) is 31.9 Å². The molecule has 1 unspecified atom stereocenters. The van der Waals surface area contributed by atoms with Crippen LogP contribution in [0.2, 0.25) is 0 Å². The Morgan fingerprint density at radius 1 is 1.38 bits per heavy atom. The molecule has 1 aromatic rings. The fourth-order valence-corrected chi connectivity index (χ4v) is 3.37. The third-order valence-corrected chi connectivity index (χ3v) is 4.95. The van der Waals surface area contributed by atoms with Gasteiger partial charge in [-0.05, 0) is 37.0 Å². The summed E-state index contributed by atoms with van der Waals surface area (Å²) in [6, 6.07) is 3.67. The van der Waals surface area contributed by atoms with Gasteiger partial charge in [-0.1, -0.05) is 31.9 Å². The van der Waals surface area contributed by atoms with E-state index in [0.29, 0.717) is 23.5 Å². The van der Waals surface area contributed by atoms with E-state index in [4.69, 9.17) is 0 Å². The Morgan fingerprint density at radius 2 is 2.10 bits per heavy atom. The van der Waals surface area contributed by atoms with E-state index in [9.17, 15) is 18.0 Å². The standard InChI is InChI=1S/C14H14Br2F3NO/c15-7-9-2-1-5-20(8-9)13(21)11-4-3-10(16)6-12(11)14(17,18)19/h3-4,6,9H,1-2,5,7-8H2. The Balaban J connectivity index is 2.31. The van der Waals surface area contributed by atoms with Crippen molar-refractivity contribution in [2.45, 2.75) is 19.0 Å². The molecule has 1 aromatic carbocycles. The van der Waals surface area contributed by atoms with Gasteiger partial charge in [-0.3, -0.25) is 4.79 Å². The van der Waals surface area contributed by atoms with Crippen LogP contribution in [-0.4, -0.2) is 29.2 Å². The summed E-state index contributed by atoms with van der Waals surface area (Å²) in [5.74, 6) is -0.243. The van der Waals surface area contributed by atoms with Gasteiger partial charge in [0.05, 0.1) is 11.1 Å². The molecule has 0 spiro atoms. The predicted molar refractivity (Wildman–Crippen MR) is 81.6 cm³/mol. The minimum Gasteiger partial charge on any atom is -0.338 e. The fraction of sp³-hybridized carbons (Fsp3) is 0.500. The normalized spacial score (nSPS) is 19.7. The first-order valence-electron chi connectivity index (χ1n) is 6.55. The van der Waals surface area contributed by atoms with Crippen molar-refractivity contribution in [2.24, 2.45) is 5.92 Å². The second kappa shape index (κ2) is 6.69. The highest BCUT2D eigenvalue weighted by molar-refractivity contribution is 9.10. The minimum absolute atomic E-state index is 0.277. The molecular weight excluding hydrogens is 415 g/mol. The molecule has 2 rings (SSSR count). The van der Waals surface area contributed by atoms with Gasteiger partial charge in [-0.15, -0.1) is 0 Å². The molecule has 7 heteroatoms. The zero-order chi connectivity index (χ0) is 15.6. The van der Waals surface area contributed by atoms with Crippen molar-refractivity contribution in [3.8, 4) is 0 Å².